The minimum atomic E-state index is -0.491. The van der Waals surface area contributed by atoms with Crippen LogP contribution in [0.4, 0.5) is 4.39 Å². The molecule has 0 aromatic heterocycles. The largest absolute Gasteiger partial charge is 0.494 e. The number of benzene rings is 1. The lowest BCUT2D eigenvalue weighted by atomic mass is 9.75. The lowest BCUT2D eigenvalue weighted by Gasteiger charge is -2.32. The zero-order valence-corrected chi connectivity index (χ0v) is 12.2. The Morgan fingerprint density at radius 1 is 1.16 bits per heavy atom. The summed E-state index contributed by atoms with van der Waals surface area (Å²) >= 11 is 0. The normalized spacial score (nSPS) is 20.6. The summed E-state index contributed by atoms with van der Waals surface area (Å²) in [6.45, 7) is 13.8. The summed E-state index contributed by atoms with van der Waals surface area (Å²) < 4.78 is 25.2. The first-order valence-corrected chi connectivity index (χ1v) is 6.45. The molecule has 1 heterocycles. The molecule has 0 atom stereocenters. The van der Waals surface area contributed by atoms with Crippen LogP contribution in [0.25, 0.3) is 5.47 Å². The van der Waals surface area contributed by atoms with Gasteiger partial charge in [-0.2, -0.15) is 0 Å². The SMILES string of the molecule is C=C(B1OC(C)(C)C(C)(C)O1)c1ccc(F)c(C)c1. The Balaban J connectivity index is 2.24. The zero-order valence-electron chi connectivity index (χ0n) is 12.2. The van der Waals surface area contributed by atoms with Gasteiger partial charge in [-0.25, -0.2) is 4.39 Å². The van der Waals surface area contributed by atoms with Crippen molar-refractivity contribution in [2.75, 3.05) is 0 Å². The first kappa shape index (κ1) is 14.3. The monoisotopic (exact) mass is 262 g/mol. The van der Waals surface area contributed by atoms with Crippen molar-refractivity contribution >= 4 is 12.6 Å². The fraction of sp³-hybridized carbons (Fsp3) is 0.467. The Kier molecular flexibility index (Phi) is 3.35. The maximum atomic E-state index is 13.3. The third kappa shape index (κ3) is 2.47. The first-order chi connectivity index (χ1) is 8.64. The molecule has 1 saturated heterocycles. The number of hydrogen-bond acceptors (Lipinski definition) is 2. The Morgan fingerprint density at radius 2 is 1.68 bits per heavy atom. The van der Waals surface area contributed by atoms with Crippen LogP contribution in [0, 0.1) is 12.7 Å². The van der Waals surface area contributed by atoms with E-state index in [1.54, 1.807) is 19.1 Å². The molecule has 1 aromatic carbocycles. The summed E-state index contributed by atoms with van der Waals surface area (Å²) in [5, 5.41) is 0. The summed E-state index contributed by atoms with van der Waals surface area (Å²) in [6, 6.07) is 4.92. The molecule has 4 heteroatoms. The molecule has 0 amide bonds. The number of aryl methyl sites for hydroxylation is 1. The van der Waals surface area contributed by atoms with Gasteiger partial charge in [0, 0.05) is 0 Å². The summed E-state index contributed by atoms with van der Waals surface area (Å²) in [5.41, 5.74) is 1.38. The Labute approximate surface area is 114 Å². The van der Waals surface area contributed by atoms with Crippen LogP contribution >= 0.6 is 0 Å². The van der Waals surface area contributed by atoms with Gasteiger partial charge >= 0.3 is 7.12 Å². The van der Waals surface area contributed by atoms with Crippen LogP contribution in [-0.2, 0) is 9.31 Å². The topological polar surface area (TPSA) is 18.5 Å². The second-order valence-corrected chi connectivity index (χ2v) is 6.08. The van der Waals surface area contributed by atoms with Crippen molar-refractivity contribution < 1.29 is 13.7 Å². The maximum absolute atomic E-state index is 13.3. The summed E-state index contributed by atoms with van der Waals surface area (Å²) in [4.78, 5) is 0. The second-order valence-electron chi connectivity index (χ2n) is 6.08. The third-order valence-electron chi connectivity index (χ3n) is 4.07. The molecule has 0 radical (unpaired) electrons. The van der Waals surface area contributed by atoms with E-state index in [2.05, 4.69) is 6.58 Å². The van der Waals surface area contributed by atoms with Crippen molar-refractivity contribution in [2.45, 2.75) is 45.8 Å². The molecule has 1 fully saturated rings. The molecule has 0 unspecified atom stereocenters. The van der Waals surface area contributed by atoms with Crippen molar-refractivity contribution in [3.8, 4) is 0 Å². The predicted molar refractivity (Wildman–Crippen MR) is 76.3 cm³/mol. The fourth-order valence-corrected chi connectivity index (χ4v) is 1.97. The van der Waals surface area contributed by atoms with Crippen molar-refractivity contribution in [3.63, 3.8) is 0 Å². The van der Waals surface area contributed by atoms with E-state index in [1.165, 1.54) is 6.07 Å². The van der Waals surface area contributed by atoms with Gasteiger partial charge in [0.15, 0.2) is 0 Å². The molecule has 1 aliphatic rings. The van der Waals surface area contributed by atoms with E-state index in [1.807, 2.05) is 27.7 Å². The van der Waals surface area contributed by atoms with Crippen LogP contribution in [0.5, 0.6) is 0 Å². The van der Waals surface area contributed by atoms with Gasteiger partial charge in [0.05, 0.1) is 11.2 Å². The lowest BCUT2D eigenvalue weighted by molar-refractivity contribution is 0.00578. The third-order valence-corrected chi connectivity index (χ3v) is 4.07. The van der Waals surface area contributed by atoms with E-state index in [-0.39, 0.29) is 5.82 Å². The number of halogens is 1. The molecule has 19 heavy (non-hydrogen) atoms. The lowest BCUT2D eigenvalue weighted by Crippen LogP contribution is -2.41. The van der Waals surface area contributed by atoms with Crippen LogP contribution in [0.3, 0.4) is 0 Å². The highest BCUT2D eigenvalue weighted by atomic mass is 19.1. The number of rotatable bonds is 2. The average molecular weight is 262 g/mol. The molecule has 0 bridgehead atoms. The highest BCUT2D eigenvalue weighted by Gasteiger charge is 2.52. The molecular weight excluding hydrogens is 242 g/mol. The highest BCUT2D eigenvalue weighted by molar-refractivity contribution is 6.68. The van der Waals surface area contributed by atoms with E-state index in [0.717, 1.165) is 11.0 Å². The van der Waals surface area contributed by atoms with Gasteiger partial charge in [0.2, 0.25) is 0 Å². The summed E-state index contributed by atoms with van der Waals surface area (Å²) in [7, 11) is -0.491. The van der Waals surface area contributed by atoms with E-state index < -0.39 is 18.3 Å². The Bertz CT molecular complexity index is 507. The van der Waals surface area contributed by atoms with E-state index in [9.17, 15) is 4.39 Å². The maximum Gasteiger partial charge on any atom is 0.494 e. The van der Waals surface area contributed by atoms with Crippen LogP contribution in [0.15, 0.2) is 24.8 Å². The summed E-state index contributed by atoms with van der Waals surface area (Å²) in [5.74, 6) is -0.217. The molecular formula is C15H20BFO2. The number of hydrogen-bond donors (Lipinski definition) is 0. The van der Waals surface area contributed by atoms with Crippen molar-refractivity contribution in [2.24, 2.45) is 0 Å². The van der Waals surface area contributed by atoms with Gasteiger partial charge in [0.25, 0.3) is 0 Å². The van der Waals surface area contributed by atoms with Crippen LogP contribution < -0.4 is 0 Å². The van der Waals surface area contributed by atoms with Crippen LogP contribution in [0.2, 0.25) is 0 Å². The minimum Gasteiger partial charge on any atom is -0.399 e. The second kappa shape index (κ2) is 4.46. The van der Waals surface area contributed by atoms with Gasteiger partial charge in [-0.1, -0.05) is 12.6 Å². The molecule has 0 N–H and O–H groups in total. The van der Waals surface area contributed by atoms with Crippen molar-refractivity contribution in [1.29, 1.82) is 0 Å². The van der Waals surface area contributed by atoms with Gasteiger partial charge in [0.1, 0.15) is 5.82 Å². The van der Waals surface area contributed by atoms with Gasteiger partial charge in [-0.3, -0.25) is 0 Å². The van der Waals surface area contributed by atoms with Crippen LogP contribution in [-0.4, -0.2) is 18.3 Å². The van der Waals surface area contributed by atoms with E-state index in [4.69, 9.17) is 9.31 Å². The Hall–Kier alpha value is -1.13. The molecule has 2 rings (SSSR count). The molecule has 102 valence electrons. The molecule has 1 aromatic rings. The summed E-state index contributed by atoms with van der Waals surface area (Å²) in [6.07, 6.45) is 0. The minimum absolute atomic E-state index is 0.217. The Morgan fingerprint density at radius 3 is 2.16 bits per heavy atom. The van der Waals surface area contributed by atoms with E-state index in [0.29, 0.717) is 5.56 Å². The van der Waals surface area contributed by atoms with Gasteiger partial charge < -0.3 is 9.31 Å². The van der Waals surface area contributed by atoms with Crippen molar-refractivity contribution in [3.05, 3.63) is 41.7 Å². The predicted octanol–water partition coefficient (Wildman–Crippen LogP) is 3.78. The zero-order chi connectivity index (χ0) is 14.4. The highest BCUT2D eigenvalue weighted by Crippen LogP contribution is 2.40. The van der Waals surface area contributed by atoms with E-state index >= 15 is 0 Å². The smallest absolute Gasteiger partial charge is 0.399 e. The standard InChI is InChI=1S/C15H20BFO2/c1-10-9-12(7-8-13(10)17)11(2)16-18-14(3,4)15(5,6)19-16/h7-9H,2H2,1,3-6H3. The quantitative estimate of drug-likeness (QED) is 0.755. The average Bonchev–Trinajstić information content (AvgIpc) is 2.51. The molecule has 0 aliphatic carbocycles. The molecule has 1 aliphatic heterocycles. The van der Waals surface area contributed by atoms with Gasteiger partial charge in [-0.05, 0) is 63.4 Å². The van der Waals surface area contributed by atoms with Gasteiger partial charge in [-0.15, -0.1) is 0 Å². The van der Waals surface area contributed by atoms with Crippen LogP contribution in [0.1, 0.15) is 38.8 Å². The first-order valence-electron chi connectivity index (χ1n) is 6.45. The fourth-order valence-electron chi connectivity index (χ4n) is 1.97. The molecule has 2 nitrogen and oxygen atoms in total. The molecule has 0 spiro atoms. The molecule has 0 saturated carbocycles. The van der Waals surface area contributed by atoms with Crippen molar-refractivity contribution in [1.82, 2.24) is 0 Å².